The van der Waals surface area contributed by atoms with Crippen LogP contribution in [0.1, 0.15) is 11.1 Å². The Hall–Kier alpha value is -3.87. The van der Waals surface area contributed by atoms with Gasteiger partial charge < -0.3 is 0 Å². The van der Waals surface area contributed by atoms with Crippen LogP contribution in [-0.2, 0) is 0 Å². The van der Waals surface area contributed by atoms with Gasteiger partial charge in [0, 0.05) is 35.4 Å². The summed E-state index contributed by atoms with van der Waals surface area (Å²) in [5.74, 6) is 0. The largest absolute Gasteiger partial charge is 0.270 e. The lowest BCUT2D eigenvalue weighted by molar-refractivity contribution is -0.385. The number of hydrogen-bond donors (Lipinski definition) is 0. The van der Waals surface area contributed by atoms with Crippen LogP contribution in [0.25, 0.3) is 11.1 Å². The molecule has 126 valence electrons. The van der Waals surface area contributed by atoms with Crippen LogP contribution in [-0.4, -0.2) is 15.6 Å². The number of nitrogens with zero attached hydrogens (tertiary/aromatic N) is 3. The number of non-ortho nitro benzene ring substituents is 2. The summed E-state index contributed by atoms with van der Waals surface area (Å²) >= 11 is 0. The molecule has 0 radical (unpaired) electrons. The standard InChI is InChI=1S/C19H11N3O4/c23-21(24)13-6-8-15-16-9-7-14(22(25)26)11-18(16)19(17(15)10-13)20-12-4-2-1-3-5-12/h1-11H. The lowest BCUT2D eigenvalue weighted by atomic mass is 10.1. The fraction of sp³-hybridized carbons (Fsp3) is 0. The lowest BCUT2D eigenvalue weighted by Crippen LogP contribution is -2.00. The Morgan fingerprint density at radius 2 is 1.15 bits per heavy atom. The quantitative estimate of drug-likeness (QED) is 0.398. The van der Waals surface area contributed by atoms with Gasteiger partial charge in [-0.15, -0.1) is 0 Å². The Morgan fingerprint density at radius 3 is 1.62 bits per heavy atom. The molecule has 0 saturated heterocycles. The number of rotatable bonds is 3. The number of nitro benzene ring substituents is 2. The van der Waals surface area contributed by atoms with Crippen LogP contribution in [0, 0.1) is 20.2 Å². The molecule has 0 amide bonds. The lowest BCUT2D eigenvalue weighted by Gasteiger charge is -2.02. The summed E-state index contributed by atoms with van der Waals surface area (Å²) in [5.41, 5.74) is 3.80. The summed E-state index contributed by atoms with van der Waals surface area (Å²) < 4.78 is 0. The van der Waals surface area contributed by atoms with E-state index in [-0.39, 0.29) is 11.4 Å². The second kappa shape index (κ2) is 5.89. The van der Waals surface area contributed by atoms with Gasteiger partial charge in [0.15, 0.2) is 0 Å². The predicted molar refractivity (Wildman–Crippen MR) is 96.9 cm³/mol. The second-order valence-electron chi connectivity index (χ2n) is 5.77. The molecular weight excluding hydrogens is 334 g/mol. The van der Waals surface area contributed by atoms with E-state index in [9.17, 15) is 20.2 Å². The number of benzene rings is 3. The van der Waals surface area contributed by atoms with Gasteiger partial charge in [-0.05, 0) is 35.4 Å². The minimum atomic E-state index is -0.466. The summed E-state index contributed by atoms with van der Waals surface area (Å²) in [6.45, 7) is 0. The predicted octanol–water partition coefficient (Wildman–Crippen LogP) is 4.65. The average Bonchev–Trinajstić information content (AvgIpc) is 2.95. The fourth-order valence-electron chi connectivity index (χ4n) is 3.05. The average molecular weight is 345 g/mol. The number of nitro groups is 2. The van der Waals surface area contributed by atoms with E-state index in [0.29, 0.717) is 22.5 Å². The maximum absolute atomic E-state index is 11.2. The molecule has 3 aromatic carbocycles. The van der Waals surface area contributed by atoms with Crippen molar-refractivity contribution >= 4 is 22.8 Å². The highest BCUT2D eigenvalue weighted by molar-refractivity contribution is 6.25. The summed E-state index contributed by atoms with van der Waals surface area (Å²) in [7, 11) is 0. The van der Waals surface area contributed by atoms with Crippen LogP contribution in [0.3, 0.4) is 0 Å². The highest BCUT2D eigenvalue weighted by Gasteiger charge is 2.28. The van der Waals surface area contributed by atoms with Gasteiger partial charge in [-0.2, -0.15) is 0 Å². The molecule has 0 unspecified atom stereocenters. The van der Waals surface area contributed by atoms with Gasteiger partial charge in [-0.3, -0.25) is 20.2 Å². The van der Waals surface area contributed by atoms with Crippen LogP contribution in [0.4, 0.5) is 17.1 Å². The number of fused-ring (bicyclic) bond motifs is 3. The van der Waals surface area contributed by atoms with Gasteiger partial charge in [-0.1, -0.05) is 18.2 Å². The van der Waals surface area contributed by atoms with Crippen LogP contribution in [0.5, 0.6) is 0 Å². The summed E-state index contributed by atoms with van der Waals surface area (Å²) in [4.78, 5) is 26.0. The van der Waals surface area contributed by atoms with Gasteiger partial charge in [0.25, 0.3) is 11.4 Å². The Morgan fingerprint density at radius 1 is 0.654 bits per heavy atom. The van der Waals surface area contributed by atoms with Crippen molar-refractivity contribution in [3.05, 3.63) is 98.1 Å². The highest BCUT2D eigenvalue weighted by atomic mass is 16.6. The first-order chi connectivity index (χ1) is 12.5. The van der Waals surface area contributed by atoms with Crippen LogP contribution in [0.2, 0.25) is 0 Å². The first kappa shape index (κ1) is 15.6. The normalized spacial score (nSPS) is 11.6. The summed E-state index contributed by atoms with van der Waals surface area (Å²) in [6, 6.07) is 18.2. The van der Waals surface area contributed by atoms with Gasteiger partial charge in [0.2, 0.25) is 0 Å². The Balaban J connectivity index is 1.99. The summed E-state index contributed by atoms with van der Waals surface area (Å²) in [6.07, 6.45) is 0. The van der Waals surface area contributed by atoms with Crippen molar-refractivity contribution in [3.63, 3.8) is 0 Å². The van der Waals surface area contributed by atoms with Crippen LogP contribution >= 0.6 is 0 Å². The maximum atomic E-state index is 11.2. The van der Waals surface area contributed by atoms with Gasteiger partial charge in [0.05, 0.1) is 21.2 Å². The Labute approximate surface area is 147 Å². The molecule has 0 aliphatic heterocycles. The molecule has 0 bridgehead atoms. The van der Waals surface area contributed by atoms with E-state index in [1.807, 2.05) is 18.2 Å². The molecule has 1 aliphatic carbocycles. The Kier molecular flexibility index (Phi) is 3.54. The molecule has 26 heavy (non-hydrogen) atoms. The second-order valence-corrected chi connectivity index (χ2v) is 5.77. The monoisotopic (exact) mass is 345 g/mol. The molecule has 4 rings (SSSR count). The molecule has 0 N–H and O–H groups in total. The van der Waals surface area contributed by atoms with E-state index >= 15 is 0 Å². The molecule has 0 atom stereocenters. The maximum Gasteiger partial charge on any atom is 0.270 e. The van der Waals surface area contributed by atoms with E-state index in [0.717, 1.165) is 11.1 Å². The van der Waals surface area contributed by atoms with Crippen molar-refractivity contribution in [2.24, 2.45) is 4.99 Å². The SMILES string of the molecule is O=[N+]([O-])c1ccc2c(c1)C(=Nc1ccccc1)c1cc([N+](=O)[O-])ccc1-2. The third-order valence-electron chi connectivity index (χ3n) is 4.23. The number of aliphatic imine (C=N–C) groups is 1. The number of hydrogen-bond acceptors (Lipinski definition) is 5. The molecule has 7 nitrogen and oxygen atoms in total. The molecule has 0 aromatic heterocycles. The molecule has 0 heterocycles. The summed E-state index contributed by atoms with van der Waals surface area (Å²) in [5, 5.41) is 22.3. The molecule has 0 saturated carbocycles. The first-order valence-corrected chi connectivity index (χ1v) is 7.76. The van der Waals surface area contributed by atoms with Crippen LogP contribution < -0.4 is 0 Å². The zero-order valence-corrected chi connectivity index (χ0v) is 13.3. The number of para-hydroxylation sites is 1. The van der Waals surface area contributed by atoms with E-state index in [4.69, 9.17) is 0 Å². The van der Waals surface area contributed by atoms with Crippen LogP contribution in [0.15, 0.2) is 71.7 Å². The molecule has 0 spiro atoms. The highest BCUT2D eigenvalue weighted by Crippen LogP contribution is 2.41. The van der Waals surface area contributed by atoms with Crippen molar-refractivity contribution < 1.29 is 9.85 Å². The third-order valence-corrected chi connectivity index (χ3v) is 4.23. The van der Waals surface area contributed by atoms with Gasteiger partial charge >= 0.3 is 0 Å². The van der Waals surface area contributed by atoms with E-state index < -0.39 is 9.85 Å². The molecule has 3 aromatic rings. The zero-order valence-electron chi connectivity index (χ0n) is 13.3. The van der Waals surface area contributed by atoms with Crippen molar-refractivity contribution in [3.8, 4) is 11.1 Å². The van der Waals surface area contributed by atoms with Crippen molar-refractivity contribution in [1.29, 1.82) is 0 Å². The Bertz CT molecular complexity index is 1030. The van der Waals surface area contributed by atoms with Crippen molar-refractivity contribution in [1.82, 2.24) is 0 Å². The first-order valence-electron chi connectivity index (χ1n) is 7.76. The molecule has 0 fully saturated rings. The van der Waals surface area contributed by atoms with Gasteiger partial charge in [-0.25, -0.2) is 4.99 Å². The minimum absolute atomic E-state index is 0.0492. The molecular formula is C19H11N3O4. The third kappa shape index (κ3) is 2.51. The van der Waals surface area contributed by atoms with Crippen molar-refractivity contribution in [2.45, 2.75) is 0 Å². The van der Waals surface area contributed by atoms with E-state index in [1.165, 1.54) is 24.3 Å². The van der Waals surface area contributed by atoms with Crippen molar-refractivity contribution in [2.75, 3.05) is 0 Å². The minimum Gasteiger partial charge on any atom is -0.258 e. The van der Waals surface area contributed by atoms with Gasteiger partial charge in [0.1, 0.15) is 0 Å². The van der Waals surface area contributed by atoms with E-state index in [2.05, 4.69) is 4.99 Å². The molecule has 1 aliphatic rings. The fourth-order valence-corrected chi connectivity index (χ4v) is 3.05. The topological polar surface area (TPSA) is 98.6 Å². The smallest absolute Gasteiger partial charge is 0.258 e. The zero-order chi connectivity index (χ0) is 18.3. The van der Waals surface area contributed by atoms with E-state index in [1.54, 1.807) is 24.3 Å². The molecule has 7 heteroatoms.